The largest absolute Gasteiger partial charge is 0.473 e. The van der Waals surface area contributed by atoms with Crippen molar-refractivity contribution in [2.75, 3.05) is 20.3 Å². The van der Waals surface area contributed by atoms with Gasteiger partial charge < -0.3 is 15.0 Å². The second kappa shape index (κ2) is 7.58. The van der Waals surface area contributed by atoms with E-state index in [1.165, 1.54) is 5.56 Å². The molecule has 1 aromatic rings. The number of nitrogens with zero attached hydrogens (tertiary/aromatic N) is 1. The number of carbonyl (C=O) groups excluding carboxylic acids is 1. The Bertz CT molecular complexity index is 363. The van der Waals surface area contributed by atoms with Crippen molar-refractivity contribution in [2.45, 2.75) is 26.7 Å². The summed E-state index contributed by atoms with van der Waals surface area (Å²) < 4.78 is 5.43. The highest BCUT2D eigenvalue weighted by molar-refractivity contribution is 5.73. The van der Waals surface area contributed by atoms with Crippen molar-refractivity contribution in [3.05, 3.63) is 29.8 Å². The molecule has 0 heterocycles. The zero-order valence-corrected chi connectivity index (χ0v) is 11.4. The summed E-state index contributed by atoms with van der Waals surface area (Å²) in [5.74, 6) is 0.761. The summed E-state index contributed by atoms with van der Waals surface area (Å²) in [5.41, 5.74) is 1.19. The van der Waals surface area contributed by atoms with Crippen LogP contribution in [0.3, 0.4) is 0 Å². The summed E-state index contributed by atoms with van der Waals surface area (Å²) in [6.45, 7) is 5.09. The molecule has 2 amide bonds. The standard InChI is InChI=1S/C14H22N2O2/c1-4-5-10-16(3)14(17)15-11-18-13-8-6-12(2)7-9-13/h6-9H,4-5,10-11H2,1-3H3,(H,15,17). The number of urea groups is 1. The maximum Gasteiger partial charge on any atom is 0.319 e. The topological polar surface area (TPSA) is 41.6 Å². The lowest BCUT2D eigenvalue weighted by Crippen LogP contribution is -2.39. The average molecular weight is 250 g/mol. The molecule has 0 unspecified atom stereocenters. The molecule has 0 spiro atoms. The minimum atomic E-state index is -0.101. The van der Waals surface area contributed by atoms with Crippen molar-refractivity contribution in [2.24, 2.45) is 0 Å². The SMILES string of the molecule is CCCCN(C)C(=O)NCOc1ccc(C)cc1. The molecular formula is C14H22N2O2. The fraction of sp³-hybridized carbons (Fsp3) is 0.500. The van der Waals surface area contributed by atoms with Crippen LogP contribution in [0.4, 0.5) is 4.79 Å². The number of rotatable bonds is 6. The van der Waals surface area contributed by atoms with Gasteiger partial charge >= 0.3 is 6.03 Å². The number of carbonyl (C=O) groups is 1. The number of unbranched alkanes of at least 4 members (excludes halogenated alkanes) is 1. The van der Waals surface area contributed by atoms with E-state index in [4.69, 9.17) is 4.74 Å². The lowest BCUT2D eigenvalue weighted by molar-refractivity contribution is 0.193. The minimum Gasteiger partial charge on any atom is -0.473 e. The molecule has 0 saturated heterocycles. The quantitative estimate of drug-likeness (QED) is 0.789. The van der Waals surface area contributed by atoms with E-state index in [2.05, 4.69) is 12.2 Å². The highest BCUT2D eigenvalue weighted by atomic mass is 16.5. The van der Waals surface area contributed by atoms with Crippen LogP contribution in [0.15, 0.2) is 24.3 Å². The summed E-state index contributed by atoms with van der Waals surface area (Å²) in [5, 5.41) is 2.72. The molecule has 18 heavy (non-hydrogen) atoms. The second-order valence-electron chi connectivity index (χ2n) is 4.36. The molecule has 0 fully saturated rings. The van der Waals surface area contributed by atoms with Gasteiger partial charge in [0.15, 0.2) is 6.73 Å². The molecule has 0 atom stereocenters. The first-order valence-electron chi connectivity index (χ1n) is 6.32. The summed E-state index contributed by atoms with van der Waals surface area (Å²) in [7, 11) is 1.79. The Morgan fingerprint density at radius 3 is 2.61 bits per heavy atom. The Hall–Kier alpha value is -1.71. The Kier molecular flexibility index (Phi) is 6.05. The monoisotopic (exact) mass is 250 g/mol. The van der Waals surface area contributed by atoms with Crippen LogP contribution in [0.2, 0.25) is 0 Å². The molecule has 0 aliphatic carbocycles. The molecule has 0 aromatic heterocycles. The molecule has 100 valence electrons. The number of aryl methyl sites for hydroxylation is 1. The fourth-order valence-electron chi connectivity index (χ4n) is 1.45. The number of nitrogens with one attached hydrogen (secondary N) is 1. The summed E-state index contributed by atoms with van der Waals surface area (Å²) >= 11 is 0. The lowest BCUT2D eigenvalue weighted by atomic mass is 10.2. The van der Waals surface area contributed by atoms with Crippen molar-refractivity contribution in [3.63, 3.8) is 0 Å². The minimum absolute atomic E-state index is 0.101. The van der Waals surface area contributed by atoms with Gasteiger partial charge in [-0.05, 0) is 25.5 Å². The number of hydrogen-bond donors (Lipinski definition) is 1. The normalized spacial score (nSPS) is 9.94. The van der Waals surface area contributed by atoms with Crippen molar-refractivity contribution in [1.82, 2.24) is 10.2 Å². The first kappa shape index (κ1) is 14.4. The molecule has 0 radical (unpaired) electrons. The van der Waals surface area contributed by atoms with Crippen molar-refractivity contribution in [1.29, 1.82) is 0 Å². The molecule has 1 N–H and O–H groups in total. The highest BCUT2D eigenvalue weighted by Gasteiger charge is 2.06. The zero-order valence-electron chi connectivity index (χ0n) is 11.4. The van der Waals surface area contributed by atoms with Crippen LogP contribution < -0.4 is 10.1 Å². The Morgan fingerprint density at radius 2 is 2.00 bits per heavy atom. The average Bonchev–Trinajstić information content (AvgIpc) is 2.38. The maximum atomic E-state index is 11.6. The third-order valence-electron chi connectivity index (χ3n) is 2.68. The Labute approximate surface area is 109 Å². The predicted octanol–water partition coefficient (Wildman–Crippen LogP) is 2.77. The number of amides is 2. The van der Waals surface area contributed by atoms with Gasteiger partial charge in [0.05, 0.1) is 0 Å². The van der Waals surface area contributed by atoms with Crippen LogP contribution in [0.1, 0.15) is 25.3 Å². The third-order valence-corrected chi connectivity index (χ3v) is 2.68. The molecule has 0 bridgehead atoms. The van der Waals surface area contributed by atoms with E-state index in [-0.39, 0.29) is 12.8 Å². The van der Waals surface area contributed by atoms with Gasteiger partial charge in [-0.15, -0.1) is 0 Å². The van der Waals surface area contributed by atoms with Gasteiger partial charge in [-0.2, -0.15) is 0 Å². The lowest BCUT2D eigenvalue weighted by Gasteiger charge is -2.17. The van der Waals surface area contributed by atoms with E-state index in [9.17, 15) is 4.79 Å². The van der Waals surface area contributed by atoms with Crippen LogP contribution in [-0.4, -0.2) is 31.3 Å². The number of ether oxygens (including phenoxy) is 1. The molecule has 1 aromatic carbocycles. The summed E-state index contributed by atoms with van der Waals surface area (Å²) in [6.07, 6.45) is 2.10. The summed E-state index contributed by atoms with van der Waals surface area (Å²) in [4.78, 5) is 13.3. The van der Waals surface area contributed by atoms with E-state index in [1.54, 1.807) is 11.9 Å². The van der Waals surface area contributed by atoms with Gasteiger partial charge in [0.2, 0.25) is 0 Å². The van der Waals surface area contributed by atoms with E-state index >= 15 is 0 Å². The van der Waals surface area contributed by atoms with Crippen LogP contribution in [0.5, 0.6) is 5.75 Å². The van der Waals surface area contributed by atoms with Crippen LogP contribution in [0.25, 0.3) is 0 Å². The highest BCUT2D eigenvalue weighted by Crippen LogP contribution is 2.10. The summed E-state index contributed by atoms with van der Waals surface area (Å²) in [6, 6.07) is 7.63. The van der Waals surface area contributed by atoms with Gasteiger partial charge in [-0.25, -0.2) is 4.79 Å². The smallest absolute Gasteiger partial charge is 0.319 e. The van der Waals surface area contributed by atoms with E-state index in [0.29, 0.717) is 0 Å². The fourth-order valence-corrected chi connectivity index (χ4v) is 1.45. The Morgan fingerprint density at radius 1 is 1.33 bits per heavy atom. The van der Waals surface area contributed by atoms with E-state index in [0.717, 1.165) is 25.1 Å². The van der Waals surface area contributed by atoms with Crippen LogP contribution in [0, 0.1) is 6.92 Å². The van der Waals surface area contributed by atoms with Crippen molar-refractivity contribution in [3.8, 4) is 5.75 Å². The number of hydrogen-bond acceptors (Lipinski definition) is 2. The second-order valence-corrected chi connectivity index (χ2v) is 4.36. The molecule has 4 heteroatoms. The molecular weight excluding hydrogens is 228 g/mol. The molecule has 1 rings (SSSR count). The number of benzene rings is 1. The van der Waals surface area contributed by atoms with Crippen molar-refractivity contribution >= 4 is 6.03 Å². The van der Waals surface area contributed by atoms with E-state index < -0.39 is 0 Å². The maximum absolute atomic E-state index is 11.6. The van der Waals surface area contributed by atoms with Crippen molar-refractivity contribution < 1.29 is 9.53 Å². The van der Waals surface area contributed by atoms with Crippen LogP contribution in [-0.2, 0) is 0 Å². The molecule has 0 aliphatic rings. The van der Waals surface area contributed by atoms with Gasteiger partial charge in [0, 0.05) is 13.6 Å². The first-order chi connectivity index (χ1) is 8.63. The van der Waals surface area contributed by atoms with Gasteiger partial charge in [0.25, 0.3) is 0 Å². The van der Waals surface area contributed by atoms with Gasteiger partial charge in [-0.3, -0.25) is 0 Å². The molecule has 4 nitrogen and oxygen atoms in total. The zero-order chi connectivity index (χ0) is 13.4. The van der Waals surface area contributed by atoms with E-state index in [1.807, 2.05) is 31.2 Å². The van der Waals surface area contributed by atoms with Gasteiger partial charge in [0.1, 0.15) is 5.75 Å². The predicted molar refractivity (Wildman–Crippen MR) is 72.7 cm³/mol. The third kappa shape index (κ3) is 5.08. The molecule has 0 saturated carbocycles. The Balaban J connectivity index is 2.24. The van der Waals surface area contributed by atoms with Gasteiger partial charge in [-0.1, -0.05) is 31.0 Å². The first-order valence-corrected chi connectivity index (χ1v) is 6.32. The molecule has 0 aliphatic heterocycles. The van der Waals surface area contributed by atoms with Crippen LogP contribution >= 0.6 is 0 Å².